The highest BCUT2D eigenvalue weighted by atomic mass is 79.9. The van der Waals surface area contributed by atoms with Gasteiger partial charge in [0.15, 0.2) is 0 Å². The van der Waals surface area contributed by atoms with Gasteiger partial charge in [0.25, 0.3) is 0 Å². The third kappa shape index (κ3) is 3.49. The molecule has 0 saturated carbocycles. The van der Waals surface area contributed by atoms with E-state index < -0.39 is 0 Å². The first kappa shape index (κ1) is 10.7. The third-order valence-electron chi connectivity index (χ3n) is 1.58. The van der Waals surface area contributed by atoms with Crippen LogP contribution in [0.5, 0.6) is 0 Å². The average Bonchev–Trinajstić information content (AvgIpc) is 2.11. The number of alkyl halides is 1. The second-order valence-corrected chi connectivity index (χ2v) is 3.92. The number of pyridine rings is 1. The predicted molar refractivity (Wildman–Crippen MR) is 61.4 cm³/mol. The van der Waals surface area contributed by atoms with Crippen molar-refractivity contribution in [2.45, 2.75) is 13.3 Å². The summed E-state index contributed by atoms with van der Waals surface area (Å²) in [6.45, 7) is 2.01. The minimum Gasteiger partial charge on any atom is -0.244 e. The van der Waals surface area contributed by atoms with Gasteiger partial charge in [-0.05, 0) is 25.0 Å². The van der Waals surface area contributed by atoms with Crippen LogP contribution in [-0.4, -0.2) is 10.3 Å². The van der Waals surface area contributed by atoms with Crippen molar-refractivity contribution in [2.75, 3.05) is 5.33 Å². The molecule has 1 aromatic rings. The molecule has 0 radical (unpaired) electrons. The van der Waals surface area contributed by atoms with Gasteiger partial charge in [-0.2, -0.15) is 0 Å². The summed E-state index contributed by atoms with van der Waals surface area (Å²) in [5.74, 6) is 0. The highest BCUT2D eigenvalue weighted by molar-refractivity contribution is 9.09. The summed E-state index contributed by atoms with van der Waals surface area (Å²) in [4.78, 5) is 4.06. The summed E-state index contributed by atoms with van der Waals surface area (Å²) >= 11 is 9.26. The molecule has 0 spiro atoms. The summed E-state index contributed by atoms with van der Waals surface area (Å²) in [5.41, 5.74) is 2.12. The predicted octanol–water partition coefficient (Wildman–Crippen LogP) is 3.84. The standard InChI is InChI=1S/C10H11BrClN/c1-8-6-9(4-2-3-5-11)10(12)13-7-8/h2,4,6-7H,3,5H2,1H3. The molecule has 0 aliphatic carbocycles. The number of aromatic nitrogens is 1. The maximum absolute atomic E-state index is 5.90. The normalized spacial score (nSPS) is 11.0. The molecule has 0 unspecified atom stereocenters. The number of nitrogens with zero attached hydrogens (tertiary/aromatic N) is 1. The Kier molecular flexibility index (Phi) is 4.46. The largest absolute Gasteiger partial charge is 0.244 e. The molecule has 0 aromatic carbocycles. The molecule has 0 bridgehead atoms. The van der Waals surface area contributed by atoms with Gasteiger partial charge in [0.2, 0.25) is 0 Å². The highest BCUT2D eigenvalue weighted by Gasteiger charge is 1.96. The fourth-order valence-electron chi connectivity index (χ4n) is 0.965. The Hall–Kier alpha value is -0.340. The van der Waals surface area contributed by atoms with Crippen molar-refractivity contribution in [3.05, 3.63) is 34.6 Å². The van der Waals surface area contributed by atoms with Crippen LogP contribution in [0, 0.1) is 6.92 Å². The molecule has 1 aromatic heterocycles. The van der Waals surface area contributed by atoms with Crippen LogP contribution < -0.4 is 0 Å². The van der Waals surface area contributed by atoms with Gasteiger partial charge >= 0.3 is 0 Å². The van der Waals surface area contributed by atoms with Crippen LogP contribution in [0.2, 0.25) is 5.15 Å². The van der Waals surface area contributed by atoms with E-state index in [1.165, 1.54) is 0 Å². The first-order valence-electron chi connectivity index (χ1n) is 4.08. The summed E-state index contributed by atoms with van der Waals surface area (Å²) in [5, 5.41) is 1.54. The molecule has 0 N–H and O–H groups in total. The van der Waals surface area contributed by atoms with Gasteiger partial charge in [-0.1, -0.05) is 39.7 Å². The Morgan fingerprint density at radius 1 is 1.62 bits per heavy atom. The van der Waals surface area contributed by atoms with Gasteiger partial charge in [-0.25, -0.2) is 4.98 Å². The summed E-state index contributed by atoms with van der Waals surface area (Å²) in [7, 11) is 0. The minimum atomic E-state index is 0.566. The number of allylic oxidation sites excluding steroid dienone is 1. The van der Waals surface area contributed by atoms with Crippen LogP contribution in [-0.2, 0) is 0 Å². The number of hydrogen-bond donors (Lipinski definition) is 0. The Bertz CT molecular complexity index is 310. The van der Waals surface area contributed by atoms with E-state index in [9.17, 15) is 0 Å². The summed E-state index contributed by atoms with van der Waals surface area (Å²) < 4.78 is 0. The zero-order chi connectivity index (χ0) is 9.68. The van der Waals surface area contributed by atoms with E-state index in [1.54, 1.807) is 6.20 Å². The van der Waals surface area contributed by atoms with Gasteiger partial charge in [0.05, 0.1) is 0 Å². The third-order valence-corrected chi connectivity index (χ3v) is 2.35. The Labute approximate surface area is 92.0 Å². The van der Waals surface area contributed by atoms with E-state index in [-0.39, 0.29) is 0 Å². The van der Waals surface area contributed by atoms with Crippen molar-refractivity contribution in [3.63, 3.8) is 0 Å². The average molecular weight is 261 g/mol. The fraction of sp³-hybridized carbons (Fsp3) is 0.300. The zero-order valence-electron chi connectivity index (χ0n) is 7.43. The lowest BCUT2D eigenvalue weighted by Crippen LogP contribution is -1.83. The first-order chi connectivity index (χ1) is 6.24. The van der Waals surface area contributed by atoms with E-state index in [1.807, 2.05) is 19.1 Å². The lowest BCUT2D eigenvalue weighted by molar-refractivity contribution is 1.24. The molecule has 0 fully saturated rings. The summed E-state index contributed by atoms with van der Waals surface area (Å²) in [6, 6.07) is 2.03. The molecule has 3 heteroatoms. The van der Waals surface area contributed by atoms with Gasteiger partial charge in [0, 0.05) is 17.1 Å². The first-order valence-corrected chi connectivity index (χ1v) is 5.58. The van der Waals surface area contributed by atoms with Crippen LogP contribution in [0.4, 0.5) is 0 Å². The van der Waals surface area contributed by atoms with Gasteiger partial charge < -0.3 is 0 Å². The van der Waals surface area contributed by atoms with Gasteiger partial charge in [0.1, 0.15) is 5.15 Å². The van der Waals surface area contributed by atoms with Crippen molar-refractivity contribution in [3.8, 4) is 0 Å². The number of rotatable bonds is 3. The van der Waals surface area contributed by atoms with Crippen LogP contribution >= 0.6 is 27.5 Å². The molecular weight excluding hydrogens is 249 g/mol. The van der Waals surface area contributed by atoms with Crippen molar-refractivity contribution >= 4 is 33.6 Å². The van der Waals surface area contributed by atoms with E-state index >= 15 is 0 Å². The minimum absolute atomic E-state index is 0.566. The van der Waals surface area contributed by atoms with Gasteiger partial charge in [-0.15, -0.1) is 0 Å². The quantitative estimate of drug-likeness (QED) is 0.594. The van der Waals surface area contributed by atoms with Crippen molar-refractivity contribution < 1.29 is 0 Å². The van der Waals surface area contributed by atoms with Crippen molar-refractivity contribution in [1.29, 1.82) is 0 Å². The molecule has 0 atom stereocenters. The molecule has 0 amide bonds. The Morgan fingerprint density at radius 3 is 3.08 bits per heavy atom. The van der Waals surface area contributed by atoms with Crippen LogP contribution in [0.1, 0.15) is 17.5 Å². The molecule has 0 saturated heterocycles. The smallest absolute Gasteiger partial charge is 0.136 e. The topological polar surface area (TPSA) is 12.9 Å². The molecule has 70 valence electrons. The summed E-state index contributed by atoms with van der Waals surface area (Å²) in [6.07, 6.45) is 6.86. The lowest BCUT2D eigenvalue weighted by atomic mass is 10.2. The fourth-order valence-corrected chi connectivity index (χ4v) is 1.40. The number of hydrogen-bond acceptors (Lipinski definition) is 1. The van der Waals surface area contributed by atoms with E-state index in [2.05, 4.69) is 27.0 Å². The molecule has 13 heavy (non-hydrogen) atoms. The van der Waals surface area contributed by atoms with Gasteiger partial charge in [-0.3, -0.25) is 0 Å². The van der Waals surface area contributed by atoms with Crippen molar-refractivity contribution in [1.82, 2.24) is 4.98 Å². The maximum atomic E-state index is 5.90. The van der Waals surface area contributed by atoms with Crippen molar-refractivity contribution in [2.24, 2.45) is 0 Å². The number of aryl methyl sites for hydroxylation is 1. The maximum Gasteiger partial charge on any atom is 0.136 e. The van der Waals surface area contributed by atoms with E-state index in [4.69, 9.17) is 11.6 Å². The molecule has 0 aliphatic rings. The SMILES string of the molecule is Cc1cnc(Cl)c(C=CCCBr)c1. The Morgan fingerprint density at radius 2 is 2.38 bits per heavy atom. The van der Waals surface area contributed by atoms with Crippen LogP contribution in [0.25, 0.3) is 6.08 Å². The second-order valence-electron chi connectivity index (χ2n) is 2.77. The van der Waals surface area contributed by atoms with E-state index in [0.29, 0.717) is 5.15 Å². The molecule has 1 nitrogen and oxygen atoms in total. The molecule has 1 heterocycles. The van der Waals surface area contributed by atoms with E-state index in [0.717, 1.165) is 22.9 Å². The van der Waals surface area contributed by atoms with Crippen LogP contribution in [0.15, 0.2) is 18.3 Å². The second kappa shape index (κ2) is 5.40. The number of halogens is 2. The Balaban J connectivity index is 2.81. The molecular formula is C10H11BrClN. The highest BCUT2D eigenvalue weighted by Crippen LogP contribution is 2.15. The van der Waals surface area contributed by atoms with Crippen LogP contribution in [0.3, 0.4) is 0 Å². The monoisotopic (exact) mass is 259 g/mol. The lowest BCUT2D eigenvalue weighted by Gasteiger charge is -1.98. The molecule has 0 aliphatic heterocycles. The molecule has 1 rings (SSSR count). The zero-order valence-corrected chi connectivity index (χ0v) is 9.77.